The fourth-order valence-electron chi connectivity index (χ4n) is 3.29. The Bertz CT molecular complexity index is 1160. The van der Waals surface area contributed by atoms with Crippen molar-refractivity contribution >= 4 is 46.7 Å². The van der Waals surface area contributed by atoms with Gasteiger partial charge in [0.1, 0.15) is 17.7 Å². The molecule has 1 fully saturated rings. The fourth-order valence-corrected chi connectivity index (χ4v) is 4.89. The number of alkyl halides is 3. The van der Waals surface area contributed by atoms with Crippen molar-refractivity contribution < 1.29 is 22.7 Å². The van der Waals surface area contributed by atoms with Crippen LogP contribution in [0.5, 0.6) is 5.75 Å². The second kappa shape index (κ2) is 10.3. The second-order valence-electron chi connectivity index (χ2n) is 7.36. The largest absolute Gasteiger partial charge is 0.487 e. The second-order valence-corrected chi connectivity index (χ2v) is 9.39. The first-order chi connectivity index (χ1) is 16.2. The molecule has 1 saturated heterocycles. The molecule has 2 aromatic carbocycles. The van der Waals surface area contributed by atoms with Crippen molar-refractivity contribution in [1.82, 2.24) is 9.88 Å². The van der Waals surface area contributed by atoms with Gasteiger partial charge in [0.15, 0.2) is 0 Å². The van der Waals surface area contributed by atoms with Crippen LogP contribution in [0.4, 0.5) is 23.7 Å². The van der Waals surface area contributed by atoms with Crippen LogP contribution in [-0.2, 0) is 12.8 Å². The lowest BCUT2D eigenvalue weighted by Gasteiger charge is -2.24. The van der Waals surface area contributed by atoms with E-state index in [2.05, 4.69) is 10.3 Å². The summed E-state index contributed by atoms with van der Waals surface area (Å²) in [6.45, 7) is 0.523. The van der Waals surface area contributed by atoms with Crippen LogP contribution in [0.15, 0.2) is 60.8 Å². The van der Waals surface area contributed by atoms with E-state index in [9.17, 15) is 18.0 Å². The molecule has 2 heterocycles. The highest BCUT2D eigenvalue weighted by Crippen LogP contribution is 2.39. The number of carbonyl (C=O) groups excluding carboxylic acids is 1. The summed E-state index contributed by atoms with van der Waals surface area (Å²) in [7, 11) is 0. The van der Waals surface area contributed by atoms with Gasteiger partial charge in [0.25, 0.3) is 0 Å². The first kappa shape index (κ1) is 24.5. The molecule has 3 aromatic rings. The molecule has 1 aliphatic heterocycles. The zero-order chi connectivity index (χ0) is 24.3. The van der Waals surface area contributed by atoms with Crippen molar-refractivity contribution in [3.8, 4) is 5.75 Å². The number of carbonyl (C=O) groups is 1. The summed E-state index contributed by atoms with van der Waals surface area (Å²) in [6.07, 6.45) is -3.78. The summed E-state index contributed by atoms with van der Waals surface area (Å²) in [6, 6.07) is 14.7. The number of rotatable bonds is 5. The molecule has 34 heavy (non-hydrogen) atoms. The van der Waals surface area contributed by atoms with Crippen LogP contribution < -0.4 is 10.1 Å². The number of ether oxygens (including phenoxy) is 1. The highest BCUT2D eigenvalue weighted by molar-refractivity contribution is 7.99. The van der Waals surface area contributed by atoms with E-state index < -0.39 is 11.7 Å². The van der Waals surface area contributed by atoms with E-state index in [0.29, 0.717) is 23.0 Å². The molecule has 0 bridgehead atoms. The molecule has 2 amide bonds. The maximum absolute atomic E-state index is 12.8. The third kappa shape index (κ3) is 5.89. The van der Waals surface area contributed by atoms with Crippen molar-refractivity contribution in [1.29, 1.82) is 0 Å². The fraction of sp³-hybridized carbons (Fsp3) is 0.217. The van der Waals surface area contributed by atoms with E-state index in [1.807, 2.05) is 12.1 Å². The summed E-state index contributed by atoms with van der Waals surface area (Å²) >= 11 is 13.5. The van der Waals surface area contributed by atoms with Crippen LogP contribution in [0.1, 0.15) is 22.2 Å². The molecule has 1 aromatic heterocycles. The number of urea groups is 1. The molecule has 4 rings (SSSR count). The molecule has 1 unspecified atom stereocenters. The van der Waals surface area contributed by atoms with E-state index in [0.717, 1.165) is 23.6 Å². The third-order valence-corrected chi connectivity index (χ3v) is 6.87. The molecule has 0 radical (unpaired) electrons. The number of nitrogens with zero attached hydrogens (tertiary/aromatic N) is 2. The zero-order valence-corrected chi connectivity index (χ0v) is 19.8. The number of pyridine rings is 1. The van der Waals surface area contributed by atoms with E-state index in [1.165, 1.54) is 0 Å². The summed E-state index contributed by atoms with van der Waals surface area (Å²) in [4.78, 5) is 18.3. The Morgan fingerprint density at radius 3 is 2.50 bits per heavy atom. The number of aromatic nitrogens is 1. The Morgan fingerprint density at radius 1 is 1.15 bits per heavy atom. The van der Waals surface area contributed by atoms with Gasteiger partial charge in [-0.1, -0.05) is 35.3 Å². The molecule has 5 nitrogen and oxygen atoms in total. The Hall–Kier alpha value is -2.62. The summed E-state index contributed by atoms with van der Waals surface area (Å²) in [5, 5.41) is 3.19. The van der Waals surface area contributed by atoms with Gasteiger partial charge < -0.3 is 15.0 Å². The van der Waals surface area contributed by atoms with Crippen LogP contribution in [0.3, 0.4) is 0 Å². The maximum Gasteiger partial charge on any atom is 0.417 e. The first-order valence-corrected chi connectivity index (χ1v) is 11.9. The number of amides is 2. The summed E-state index contributed by atoms with van der Waals surface area (Å²) in [5.41, 5.74) is 0.871. The van der Waals surface area contributed by atoms with Gasteiger partial charge in [-0.2, -0.15) is 13.2 Å². The van der Waals surface area contributed by atoms with Gasteiger partial charge >= 0.3 is 12.2 Å². The minimum absolute atomic E-state index is 0.0792. The summed E-state index contributed by atoms with van der Waals surface area (Å²) in [5.74, 6) is 1.30. The number of thioether (sulfide) groups is 1. The van der Waals surface area contributed by atoms with Crippen LogP contribution in [0.2, 0.25) is 10.0 Å². The zero-order valence-electron chi connectivity index (χ0n) is 17.5. The third-order valence-electron chi connectivity index (χ3n) is 5.03. The standard InChI is InChI=1S/C23H18Cl2F3N3O2S/c24-16-3-5-17(6-4-16)30-22(32)31-9-10-34-21(31)14-1-7-18(8-2-14)33-13-20-19(25)11-15(12-29-20)23(26,27)28/h1-8,11-12,21H,9-10,13H2,(H,30,32). The SMILES string of the molecule is O=C(Nc1ccc(Cl)cc1)N1CCSC1c1ccc(OCc2ncc(C(F)(F)F)cc2Cl)cc1. The van der Waals surface area contributed by atoms with Gasteiger partial charge in [-0.25, -0.2) is 4.79 Å². The molecule has 178 valence electrons. The monoisotopic (exact) mass is 527 g/mol. The lowest BCUT2D eigenvalue weighted by Crippen LogP contribution is -2.34. The van der Waals surface area contributed by atoms with Crippen LogP contribution in [0.25, 0.3) is 0 Å². The Morgan fingerprint density at radius 2 is 1.85 bits per heavy atom. The number of halogens is 5. The molecule has 0 saturated carbocycles. The smallest absolute Gasteiger partial charge is 0.417 e. The van der Waals surface area contributed by atoms with Crippen LogP contribution >= 0.6 is 35.0 Å². The van der Waals surface area contributed by atoms with Crippen molar-refractivity contribution in [3.63, 3.8) is 0 Å². The quantitative estimate of drug-likeness (QED) is 0.379. The molecule has 11 heteroatoms. The lowest BCUT2D eigenvalue weighted by atomic mass is 10.2. The summed E-state index contributed by atoms with van der Waals surface area (Å²) < 4.78 is 43.9. The van der Waals surface area contributed by atoms with Crippen molar-refractivity contribution in [3.05, 3.63) is 87.7 Å². The molecular formula is C23H18Cl2F3N3O2S. The average Bonchev–Trinajstić information content (AvgIpc) is 3.30. The predicted octanol–water partition coefficient (Wildman–Crippen LogP) is 7.27. The van der Waals surface area contributed by atoms with Gasteiger partial charge in [-0.15, -0.1) is 11.8 Å². The van der Waals surface area contributed by atoms with Gasteiger partial charge in [0.2, 0.25) is 0 Å². The highest BCUT2D eigenvalue weighted by Gasteiger charge is 2.32. The normalized spacial score (nSPS) is 15.9. The van der Waals surface area contributed by atoms with E-state index in [1.54, 1.807) is 53.1 Å². The lowest BCUT2D eigenvalue weighted by molar-refractivity contribution is -0.137. The highest BCUT2D eigenvalue weighted by atomic mass is 35.5. The first-order valence-electron chi connectivity index (χ1n) is 10.1. The minimum atomic E-state index is -4.51. The van der Waals surface area contributed by atoms with Gasteiger partial charge in [-0.05, 0) is 48.0 Å². The number of hydrogen-bond acceptors (Lipinski definition) is 4. The van der Waals surface area contributed by atoms with E-state index in [-0.39, 0.29) is 28.7 Å². The number of benzene rings is 2. The number of hydrogen-bond donors (Lipinski definition) is 1. The van der Waals surface area contributed by atoms with Gasteiger partial charge in [-0.3, -0.25) is 4.98 Å². The predicted molar refractivity (Wildman–Crippen MR) is 127 cm³/mol. The minimum Gasteiger partial charge on any atom is -0.487 e. The van der Waals surface area contributed by atoms with E-state index in [4.69, 9.17) is 27.9 Å². The van der Waals surface area contributed by atoms with Crippen molar-refractivity contribution in [2.75, 3.05) is 17.6 Å². The number of anilines is 1. The topological polar surface area (TPSA) is 54.5 Å². The van der Waals surface area contributed by atoms with Crippen molar-refractivity contribution in [2.45, 2.75) is 18.2 Å². The van der Waals surface area contributed by atoms with Crippen molar-refractivity contribution in [2.24, 2.45) is 0 Å². The van der Waals surface area contributed by atoms with Crippen LogP contribution in [0, 0.1) is 0 Å². The Kier molecular flexibility index (Phi) is 7.45. The molecule has 1 atom stereocenters. The Labute approximate surface area is 208 Å². The van der Waals surface area contributed by atoms with Gasteiger partial charge in [0.05, 0.1) is 16.3 Å². The van der Waals surface area contributed by atoms with Gasteiger partial charge in [0, 0.05) is 29.2 Å². The van der Waals surface area contributed by atoms with Crippen LogP contribution in [-0.4, -0.2) is 28.2 Å². The molecule has 0 spiro atoms. The average molecular weight is 528 g/mol. The molecule has 1 aliphatic rings. The van der Waals surface area contributed by atoms with E-state index >= 15 is 0 Å². The molecular weight excluding hydrogens is 510 g/mol. The maximum atomic E-state index is 12.8. The number of nitrogens with one attached hydrogen (secondary N) is 1. The Balaban J connectivity index is 1.38. The molecule has 0 aliphatic carbocycles. The molecule has 1 N–H and O–H groups in total.